The Morgan fingerprint density at radius 1 is 1.07 bits per heavy atom. The monoisotopic (exact) mass is 364 g/mol. The van der Waals surface area contributed by atoms with Crippen molar-refractivity contribution in [2.45, 2.75) is 46.2 Å². The third-order valence-corrected chi connectivity index (χ3v) is 5.21. The van der Waals surface area contributed by atoms with E-state index in [0.29, 0.717) is 31.6 Å². The minimum Gasteiger partial charge on any atom is -0.336 e. The molecule has 1 aliphatic heterocycles. The summed E-state index contributed by atoms with van der Waals surface area (Å²) in [6, 6.07) is 16.0. The van der Waals surface area contributed by atoms with E-state index in [-0.39, 0.29) is 17.9 Å². The van der Waals surface area contributed by atoms with Crippen LogP contribution in [0.15, 0.2) is 48.5 Å². The van der Waals surface area contributed by atoms with Crippen molar-refractivity contribution >= 4 is 11.8 Å². The van der Waals surface area contributed by atoms with Crippen molar-refractivity contribution in [2.75, 3.05) is 13.1 Å². The summed E-state index contributed by atoms with van der Waals surface area (Å²) in [7, 11) is 0. The fraction of sp³-hybridized carbons (Fsp3) is 0.391. The van der Waals surface area contributed by atoms with Crippen molar-refractivity contribution in [1.29, 1.82) is 0 Å². The summed E-state index contributed by atoms with van der Waals surface area (Å²) in [4.78, 5) is 29.7. The molecule has 1 atom stereocenters. The molecule has 4 heteroatoms. The normalized spacial score (nSPS) is 17.7. The van der Waals surface area contributed by atoms with Crippen LogP contribution in [0.4, 0.5) is 0 Å². The van der Waals surface area contributed by atoms with Gasteiger partial charge in [0, 0.05) is 37.7 Å². The Morgan fingerprint density at radius 2 is 1.74 bits per heavy atom. The molecule has 1 saturated heterocycles. The number of amides is 2. The van der Waals surface area contributed by atoms with E-state index in [0.717, 1.165) is 23.1 Å². The number of carbonyl (C=O) groups is 2. The van der Waals surface area contributed by atoms with Crippen molar-refractivity contribution < 1.29 is 9.59 Å². The quantitative estimate of drug-likeness (QED) is 0.824. The minimum absolute atomic E-state index is 0.0228. The molecule has 2 aromatic carbocycles. The Morgan fingerprint density at radius 3 is 2.37 bits per heavy atom. The number of carbonyl (C=O) groups excluding carboxylic acids is 2. The third kappa shape index (κ3) is 4.57. The molecule has 3 rings (SSSR count). The van der Waals surface area contributed by atoms with Crippen molar-refractivity contribution in [3.8, 4) is 0 Å². The Bertz CT molecular complexity index is 796. The van der Waals surface area contributed by atoms with Crippen LogP contribution in [0, 0.1) is 13.8 Å². The second-order valence-electron chi connectivity index (χ2n) is 7.45. The second kappa shape index (κ2) is 8.38. The first kappa shape index (κ1) is 19.2. The lowest BCUT2D eigenvalue weighted by Crippen LogP contribution is -2.43. The number of hydrogen-bond donors (Lipinski definition) is 0. The van der Waals surface area contributed by atoms with E-state index in [1.54, 1.807) is 0 Å². The van der Waals surface area contributed by atoms with E-state index in [1.807, 2.05) is 66.1 Å². The molecule has 0 unspecified atom stereocenters. The van der Waals surface area contributed by atoms with Crippen LogP contribution >= 0.6 is 0 Å². The predicted molar refractivity (Wildman–Crippen MR) is 108 cm³/mol. The third-order valence-electron chi connectivity index (χ3n) is 5.21. The maximum Gasteiger partial charge on any atom is 0.253 e. The van der Waals surface area contributed by atoms with Crippen LogP contribution in [0.3, 0.4) is 0 Å². The van der Waals surface area contributed by atoms with Crippen molar-refractivity contribution in [2.24, 2.45) is 0 Å². The lowest BCUT2D eigenvalue weighted by atomic mass is 10.1. The molecule has 0 N–H and O–H groups in total. The van der Waals surface area contributed by atoms with Gasteiger partial charge >= 0.3 is 0 Å². The Kier molecular flexibility index (Phi) is 5.94. The molecule has 0 bridgehead atoms. The molecule has 2 aromatic rings. The number of benzene rings is 2. The highest BCUT2D eigenvalue weighted by Gasteiger charge is 2.31. The van der Waals surface area contributed by atoms with Gasteiger partial charge in [-0.15, -0.1) is 0 Å². The zero-order valence-electron chi connectivity index (χ0n) is 16.4. The first-order valence-electron chi connectivity index (χ1n) is 9.69. The molecule has 1 fully saturated rings. The molecule has 0 saturated carbocycles. The minimum atomic E-state index is 0.0228. The van der Waals surface area contributed by atoms with E-state index in [2.05, 4.69) is 13.0 Å². The van der Waals surface area contributed by atoms with Gasteiger partial charge in [0.15, 0.2) is 0 Å². The predicted octanol–water partition coefficient (Wildman–Crippen LogP) is 3.96. The highest BCUT2D eigenvalue weighted by molar-refractivity contribution is 5.95. The fourth-order valence-electron chi connectivity index (χ4n) is 3.83. The van der Waals surface area contributed by atoms with Crippen LogP contribution in [-0.2, 0) is 11.3 Å². The highest BCUT2D eigenvalue weighted by atomic mass is 16.2. The highest BCUT2D eigenvalue weighted by Crippen LogP contribution is 2.20. The molecule has 1 aliphatic rings. The summed E-state index contributed by atoms with van der Waals surface area (Å²) in [5.74, 6) is 0.149. The van der Waals surface area contributed by atoms with Gasteiger partial charge in [0.05, 0.1) is 0 Å². The molecular weight excluding hydrogens is 336 g/mol. The van der Waals surface area contributed by atoms with Gasteiger partial charge in [-0.1, -0.05) is 54.4 Å². The van der Waals surface area contributed by atoms with Gasteiger partial charge in [-0.05, 0) is 38.0 Å². The van der Waals surface area contributed by atoms with Gasteiger partial charge in [0.2, 0.25) is 5.91 Å². The van der Waals surface area contributed by atoms with E-state index in [1.165, 1.54) is 0 Å². The summed E-state index contributed by atoms with van der Waals surface area (Å²) in [6.45, 7) is 7.76. The smallest absolute Gasteiger partial charge is 0.253 e. The summed E-state index contributed by atoms with van der Waals surface area (Å²) in [5.41, 5.74) is 4.01. The first-order chi connectivity index (χ1) is 13.0. The molecule has 4 nitrogen and oxygen atoms in total. The Hall–Kier alpha value is -2.62. The molecule has 1 heterocycles. The molecule has 0 aliphatic carbocycles. The molecular formula is C23H28N2O2. The Balaban J connectivity index is 1.80. The molecule has 27 heavy (non-hydrogen) atoms. The van der Waals surface area contributed by atoms with Crippen LogP contribution < -0.4 is 0 Å². The van der Waals surface area contributed by atoms with Crippen molar-refractivity contribution in [3.63, 3.8) is 0 Å². The Labute approximate surface area is 161 Å². The van der Waals surface area contributed by atoms with Crippen LogP contribution in [0.1, 0.15) is 46.8 Å². The lowest BCUT2D eigenvalue weighted by Gasteiger charge is -2.31. The van der Waals surface area contributed by atoms with Gasteiger partial charge < -0.3 is 9.80 Å². The van der Waals surface area contributed by atoms with Crippen molar-refractivity contribution in [1.82, 2.24) is 9.80 Å². The fourth-order valence-corrected chi connectivity index (χ4v) is 3.83. The van der Waals surface area contributed by atoms with Gasteiger partial charge in [0.1, 0.15) is 0 Å². The van der Waals surface area contributed by atoms with Crippen LogP contribution in [-0.4, -0.2) is 40.7 Å². The number of aryl methyl sites for hydroxylation is 2. The maximum absolute atomic E-state index is 13.1. The molecule has 0 spiro atoms. The van der Waals surface area contributed by atoms with Gasteiger partial charge in [-0.2, -0.15) is 0 Å². The molecule has 142 valence electrons. The standard InChI is InChI=1S/C23H28N2O2/c1-4-21-16-24(23(27)20-13-17(2)12-18(3)14-20)11-10-22(26)25(21)15-19-8-6-5-7-9-19/h5-9,12-14,21H,4,10-11,15-16H2,1-3H3/t21-/m1/s1. The zero-order chi connectivity index (χ0) is 19.4. The average Bonchev–Trinajstić information content (AvgIpc) is 2.81. The summed E-state index contributed by atoms with van der Waals surface area (Å²) in [5, 5.41) is 0. The van der Waals surface area contributed by atoms with E-state index < -0.39 is 0 Å². The first-order valence-corrected chi connectivity index (χ1v) is 9.69. The maximum atomic E-state index is 13.1. The second-order valence-corrected chi connectivity index (χ2v) is 7.45. The number of hydrogen-bond acceptors (Lipinski definition) is 2. The van der Waals surface area contributed by atoms with E-state index in [9.17, 15) is 9.59 Å². The number of rotatable bonds is 4. The summed E-state index contributed by atoms with van der Waals surface area (Å²) in [6.07, 6.45) is 1.20. The van der Waals surface area contributed by atoms with Gasteiger partial charge in [-0.25, -0.2) is 0 Å². The van der Waals surface area contributed by atoms with E-state index >= 15 is 0 Å². The molecule has 2 amide bonds. The van der Waals surface area contributed by atoms with Crippen LogP contribution in [0.2, 0.25) is 0 Å². The van der Waals surface area contributed by atoms with E-state index in [4.69, 9.17) is 0 Å². The van der Waals surface area contributed by atoms with Gasteiger partial charge in [-0.3, -0.25) is 9.59 Å². The molecule has 0 radical (unpaired) electrons. The van der Waals surface area contributed by atoms with Crippen molar-refractivity contribution in [3.05, 3.63) is 70.8 Å². The van der Waals surface area contributed by atoms with Crippen LogP contribution in [0.25, 0.3) is 0 Å². The summed E-state index contributed by atoms with van der Waals surface area (Å²) >= 11 is 0. The molecule has 0 aromatic heterocycles. The van der Waals surface area contributed by atoms with Crippen LogP contribution in [0.5, 0.6) is 0 Å². The number of nitrogens with zero attached hydrogens (tertiary/aromatic N) is 2. The van der Waals surface area contributed by atoms with Gasteiger partial charge in [0.25, 0.3) is 5.91 Å². The topological polar surface area (TPSA) is 40.6 Å². The summed E-state index contributed by atoms with van der Waals surface area (Å²) < 4.78 is 0. The largest absolute Gasteiger partial charge is 0.336 e. The zero-order valence-corrected chi connectivity index (χ0v) is 16.4. The lowest BCUT2D eigenvalue weighted by molar-refractivity contribution is -0.133. The SMILES string of the molecule is CC[C@@H]1CN(C(=O)c2cc(C)cc(C)c2)CCC(=O)N1Cc1ccccc1. The average molecular weight is 364 g/mol.